The third-order valence-corrected chi connectivity index (χ3v) is 5.34. The van der Waals surface area contributed by atoms with Crippen LogP contribution in [0.1, 0.15) is 27.7 Å². The van der Waals surface area contributed by atoms with Gasteiger partial charge in [0.15, 0.2) is 0 Å². The van der Waals surface area contributed by atoms with Crippen LogP contribution < -0.4 is 10.1 Å². The molecule has 1 atom stereocenters. The maximum Gasteiger partial charge on any atom is 0.275 e. The van der Waals surface area contributed by atoms with Crippen molar-refractivity contribution in [1.82, 2.24) is 14.9 Å². The summed E-state index contributed by atoms with van der Waals surface area (Å²) in [6.07, 6.45) is 4.26. The zero-order valence-corrected chi connectivity index (χ0v) is 19.0. The van der Waals surface area contributed by atoms with Crippen LogP contribution in [-0.2, 0) is 11.3 Å². The van der Waals surface area contributed by atoms with Crippen molar-refractivity contribution in [2.75, 3.05) is 12.4 Å². The third kappa shape index (κ3) is 5.86. The molecule has 1 heterocycles. The Bertz CT molecular complexity index is 1270. The summed E-state index contributed by atoms with van der Waals surface area (Å²) in [6.45, 7) is 0.143. The van der Waals surface area contributed by atoms with Crippen LogP contribution >= 0.6 is 0 Å². The molecule has 0 fully saturated rings. The smallest absolute Gasteiger partial charge is 0.275 e. The minimum atomic E-state index is -1.03. The van der Waals surface area contributed by atoms with Gasteiger partial charge in [-0.15, -0.1) is 0 Å². The van der Waals surface area contributed by atoms with Gasteiger partial charge in [-0.05, 0) is 47.5 Å². The van der Waals surface area contributed by atoms with E-state index in [2.05, 4.69) is 15.3 Å². The van der Waals surface area contributed by atoms with Crippen LogP contribution in [0, 0.1) is 5.82 Å². The normalized spacial score (nSPS) is 11.4. The first-order valence-corrected chi connectivity index (χ1v) is 10.9. The molecule has 0 saturated heterocycles. The Morgan fingerprint density at radius 2 is 1.69 bits per heavy atom. The quantitative estimate of drug-likeness (QED) is 0.405. The van der Waals surface area contributed by atoms with Gasteiger partial charge in [-0.1, -0.05) is 42.5 Å². The average molecular weight is 471 g/mol. The van der Waals surface area contributed by atoms with Gasteiger partial charge in [-0.3, -0.25) is 14.6 Å². The molecule has 0 saturated carbocycles. The van der Waals surface area contributed by atoms with Gasteiger partial charge >= 0.3 is 0 Å². The molecule has 7 nitrogen and oxygen atoms in total. The van der Waals surface area contributed by atoms with Crippen LogP contribution in [0.3, 0.4) is 0 Å². The van der Waals surface area contributed by atoms with Crippen molar-refractivity contribution in [3.63, 3.8) is 0 Å². The number of hydrogen-bond acceptors (Lipinski definition) is 5. The molecule has 1 N–H and O–H groups in total. The lowest BCUT2D eigenvalue weighted by atomic mass is 10.0. The van der Waals surface area contributed by atoms with Crippen LogP contribution in [-0.4, -0.2) is 33.8 Å². The van der Waals surface area contributed by atoms with E-state index in [0.717, 1.165) is 5.56 Å². The molecule has 0 aliphatic carbocycles. The fourth-order valence-corrected chi connectivity index (χ4v) is 3.62. The van der Waals surface area contributed by atoms with E-state index >= 15 is 0 Å². The molecule has 1 unspecified atom stereocenters. The predicted octanol–water partition coefficient (Wildman–Crippen LogP) is 4.65. The fraction of sp³-hybridized carbons (Fsp3) is 0.111. The van der Waals surface area contributed by atoms with Gasteiger partial charge in [0, 0.05) is 24.6 Å². The molecule has 35 heavy (non-hydrogen) atoms. The van der Waals surface area contributed by atoms with Crippen LogP contribution in [0.25, 0.3) is 0 Å². The van der Waals surface area contributed by atoms with E-state index < -0.39 is 23.7 Å². The van der Waals surface area contributed by atoms with Crippen molar-refractivity contribution in [2.24, 2.45) is 0 Å². The van der Waals surface area contributed by atoms with E-state index in [1.807, 2.05) is 30.3 Å². The molecule has 0 aliphatic rings. The molecule has 1 aromatic heterocycles. The van der Waals surface area contributed by atoms with Crippen molar-refractivity contribution in [2.45, 2.75) is 12.6 Å². The van der Waals surface area contributed by atoms with E-state index in [9.17, 15) is 14.0 Å². The van der Waals surface area contributed by atoms with E-state index in [4.69, 9.17) is 4.74 Å². The molecule has 0 aliphatic heterocycles. The number of methoxy groups -OCH3 is 1. The topological polar surface area (TPSA) is 84.4 Å². The number of benzene rings is 3. The summed E-state index contributed by atoms with van der Waals surface area (Å²) in [5, 5.41) is 2.80. The number of amides is 2. The van der Waals surface area contributed by atoms with Gasteiger partial charge in [0.2, 0.25) is 0 Å². The molecule has 8 heteroatoms. The van der Waals surface area contributed by atoms with Crippen LogP contribution in [0.2, 0.25) is 0 Å². The summed E-state index contributed by atoms with van der Waals surface area (Å²) in [7, 11) is 1.55. The van der Waals surface area contributed by atoms with Crippen molar-refractivity contribution >= 4 is 17.5 Å². The summed E-state index contributed by atoms with van der Waals surface area (Å²) in [5.74, 6) is -0.730. The van der Waals surface area contributed by atoms with Gasteiger partial charge in [0.05, 0.1) is 13.3 Å². The number of nitrogens with one attached hydrogen (secondary N) is 1. The van der Waals surface area contributed by atoms with Crippen LogP contribution in [0.4, 0.5) is 10.1 Å². The molecule has 0 spiro atoms. The molecule has 4 rings (SSSR count). The molecule has 4 aromatic rings. The van der Waals surface area contributed by atoms with Gasteiger partial charge in [-0.2, -0.15) is 0 Å². The number of carbonyl (C=O) groups excluding carboxylic acids is 2. The predicted molar refractivity (Wildman–Crippen MR) is 129 cm³/mol. The second kappa shape index (κ2) is 11.0. The summed E-state index contributed by atoms with van der Waals surface area (Å²) < 4.78 is 18.6. The number of anilines is 1. The summed E-state index contributed by atoms with van der Waals surface area (Å²) in [6, 6.07) is 20.7. The Morgan fingerprint density at radius 3 is 2.31 bits per heavy atom. The molecular weight excluding hydrogens is 447 g/mol. The zero-order valence-electron chi connectivity index (χ0n) is 19.0. The Labute approximate surface area is 202 Å². The van der Waals surface area contributed by atoms with Gasteiger partial charge < -0.3 is 15.0 Å². The maximum atomic E-state index is 13.7. The van der Waals surface area contributed by atoms with Crippen molar-refractivity contribution in [3.8, 4) is 5.75 Å². The highest BCUT2D eigenvalue weighted by molar-refractivity contribution is 6.00. The Balaban J connectivity index is 1.77. The number of hydrogen-bond donors (Lipinski definition) is 1. The Hall–Kier alpha value is -4.59. The summed E-state index contributed by atoms with van der Waals surface area (Å²) >= 11 is 0. The Morgan fingerprint density at radius 1 is 0.971 bits per heavy atom. The van der Waals surface area contributed by atoms with Crippen LogP contribution in [0.15, 0.2) is 97.5 Å². The molecule has 0 radical (unpaired) electrons. The lowest BCUT2D eigenvalue weighted by Crippen LogP contribution is -2.41. The number of ether oxygens (including phenoxy) is 1. The second-order valence-electron chi connectivity index (χ2n) is 7.68. The number of nitrogens with zero attached hydrogens (tertiary/aromatic N) is 3. The van der Waals surface area contributed by atoms with E-state index in [1.165, 1.54) is 47.8 Å². The third-order valence-electron chi connectivity index (χ3n) is 5.34. The van der Waals surface area contributed by atoms with Gasteiger partial charge in [0.25, 0.3) is 11.8 Å². The SMILES string of the molecule is COc1ccc(C(C(=O)Nc2ccc(F)cc2)N(Cc2ccccc2)C(=O)c2cnccn2)cc1. The molecule has 176 valence electrons. The van der Waals surface area contributed by atoms with E-state index in [-0.39, 0.29) is 12.2 Å². The van der Waals surface area contributed by atoms with Crippen molar-refractivity contribution < 1.29 is 18.7 Å². The summed E-state index contributed by atoms with van der Waals surface area (Å²) in [4.78, 5) is 36.9. The molecule has 0 bridgehead atoms. The number of carbonyl (C=O) groups is 2. The minimum Gasteiger partial charge on any atom is -0.497 e. The highest BCUT2D eigenvalue weighted by Gasteiger charge is 2.33. The minimum absolute atomic E-state index is 0.108. The highest BCUT2D eigenvalue weighted by atomic mass is 19.1. The summed E-state index contributed by atoms with van der Waals surface area (Å²) in [5.41, 5.74) is 1.91. The maximum absolute atomic E-state index is 13.7. The zero-order chi connectivity index (χ0) is 24.6. The number of halogens is 1. The first-order valence-electron chi connectivity index (χ1n) is 10.9. The van der Waals surface area contributed by atoms with Gasteiger partial charge in [0.1, 0.15) is 23.3 Å². The van der Waals surface area contributed by atoms with E-state index in [1.54, 1.807) is 31.4 Å². The molecular formula is C27H23FN4O3. The lowest BCUT2D eigenvalue weighted by molar-refractivity contribution is -0.121. The highest BCUT2D eigenvalue weighted by Crippen LogP contribution is 2.28. The standard InChI is InChI=1S/C27H23FN4O3/c1-35-23-13-7-20(8-14-23)25(26(33)31-22-11-9-21(28)10-12-22)32(18-19-5-3-2-4-6-19)27(34)24-17-29-15-16-30-24/h2-17,25H,18H2,1H3,(H,31,33). The van der Waals surface area contributed by atoms with Crippen LogP contribution in [0.5, 0.6) is 5.75 Å². The first-order chi connectivity index (χ1) is 17.0. The molecule has 3 aromatic carbocycles. The van der Waals surface area contributed by atoms with Crippen molar-refractivity contribution in [1.29, 1.82) is 0 Å². The van der Waals surface area contributed by atoms with Crippen molar-refractivity contribution in [3.05, 3.63) is 120 Å². The largest absolute Gasteiger partial charge is 0.497 e. The Kier molecular flexibility index (Phi) is 7.42. The fourth-order valence-electron chi connectivity index (χ4n) is 3.62. The number of aromatic nitrogens is 2. The lowest BCUT2D eigenvalue weighted by Gasteiger charge is -2.31. The first kappa shape index (κ1) is 23.6. The second-order valence-corrected chi connectivity index (χ2v) is 7.68. The van der Waals surface area contributed by atoms with E-state index in [0.29, 0.717) is 17.0 Å². The number of rotatable bonds is 8. The average Bonchev–Trinajstić information content (AvgIpc) is 2.90. The monoisotopic (exact) mass is 470 g/mol. The van der Waals surface area contributed by atoms with Gasteiger partial charge in [-0.25, -0.2) is 9.37 Å². The molecule has 2 amide bonds.